The van der Waals surface area contributed by atoms with Crippen LogP contribution in [0.15, 0.2) is 71.4 Å². The van der Waals surface area contributed by atoms with Crippen molar-refractivity contribution >= 4 is 22.4 Å². The number of allylic oxidation sites excluding steroid dienone is 1. The Hall–Kier alpha value is -4.19. The number of rotatable bonds is 8. The number of benzene rings is 3. The Bertz CT molecular complexity index is 1400. The Labute approximate surface area is 205 Å². The third kappa shape index (κ3) is 4.87. The zero-order valence-electron chi connectivity index (χ0n) is 20.6. The van der Waals surface area contributed by atoms with E-state index in [1.807, 2.05) is 68.4 Å². The van der Waals surface area contributed by atoms with Gasteiger partial charge in [0, 0.05) is 40.3 Å². The van der Waals surface area contributed by atoms with E-state index in [2.05, 4.69) is 5.32 Å². The summed E-state index contributed by atoms with van der Waals surface area (Å²) in [5.74, 6) is 1.98. The van der Waals surface area contributed by atoms with Gasteiger partial charge in [-0.2, -0.15) is 0 Å². The third-order valence-electron chi connectivity index (χ3n) is 6.05. The van der Waals surface area contributed by atoms with E-state index in [1.165, 1.54) is 0 Å². The van der Waals surface area contributed by atoms with Crippen LogP contribution in [0.1, 0.15) is 23.6 Å². The van der Waals surface area contributed by atoms with E-state index in [0.29, 0.717) is 12.3 Å². The van der Waals surface area contributed by atoms with Crippen molar-refractivity contribution in [3.63, 3.8) is 0 Å². The molecule has 0 saturated heterocycles. The van der Waals surface area contributed by atoms with E-state index in [1.54, 1.807) is 33.7 Å². The van der Waals surface area contributed by atoms with Crippen LogP contribution in [0.3, 0.4) is 0 Å². The van der Waals surface area contributed by atoms with E-state index in [4.69, 9.17) is 18.6 Å². The SMILES string of the molecule is COc1cccc(-c2coc3c(C)c(OC)c(/C(C)=C/C(=O)NCc4ccccc4OC)cc23)c1. The number of carbonyl (C=O) groups excluding carboxylic acids is 1. The van der Waals surface area contributed by atoms with Gasteiger partial charge in [-0.3, -0.25) is 4.79 Å². The third-order valence-corrected chi connectivity index (χ3v) is 6.05. The second-order valence-electron chi connectivity index (χ2n) is 8.20. The molecule has 0 aliphatic carbocycles. The smallest absolute Gasteiger partial charge is 0.244 e. The van der Waals surface area contributed by atoms with Crippen molar-refractivity contribution in [3.8, 4) is 28.4 Å². The van der Waals surface area contributed by atoms with E-state index >= 15 is 0 Å². The molecule has 1 amide bonds. The highest BCUT2D eigenvalue weighted by atomic mass is 16.5. The summed E-state index contributed by atoms with van der Waals surface area (Å²) in [5, 5.41) is 3.88. The fourth-order valence-corrected chi connectivity index (χ4v) is 4.24. The van der Waals surface area contributed by atoms with Crippen molar-refractivity contribution < 1.29 is 23.4 Å². The molecule has 3 aromatic carbocycles. The Morgan fingerprint density at radius 1 is 1.00 bits per heavy atom. The fourth-order valence-electron chi connectivity index (χ4n) is 4.24. The van der Waals surface area contributed by atoms with Crippen molar-refractivity contribution in [2.45, 2.75) is 20.4 Å². The molecule has 0 unspecified atom stereocenters. The largest absolute Gasteiger partial charge is 0.497 e. The highest BCUT2D eigenvalue weighted by molar-refractivity contribution is 6.01. The van der Waals surface area contributed by atoms with Gasteiger partial charge in [0.2, 0.25) is 5.91 Å². The molecule has 0 saturated carbocycles. The first-order valence-electron chi connectivity index (χ1n) is 11.3. The normalized spacial score (nSPS) is 11.4. The Balaban J connectivity index is 1.69. The van der Waals surface area contributed by atoms with Gasteiger partial charge in [0.1, 0.15) is 22.8 Å². The first-order chi connectivity index (χ1) is 17.0. The summed E-state index contributed by atoms with van der Waals surface area (Å²) < 4.78 is 22.4. The van der Waals surface area contributed by atoms with Gasteiger partial charge in [-0.1, -0.05) is 30.3 Å². The van der Waals surface area contributed by atoms with Crippen LogP contribution in [0.4, 0.5) is 0 Å². The Morgan fingerprint density at radius 3 is 2.54 bits per heavy atom. The van der Waals surface area contributed by atoms with Crippen LogP contribution in [0, 0.1) is 6.92 Å². The van der Waals surface area contributed by atoms with Crippen LogP contribution < -0.4 is 19.5 Å². The van der Waals surface area contributed by atoms with Crippen LogP contribution >= 0.6 is 0 Å². The van der Waals surface area contributed by atoms with Gasteiger partial charge >= 0.3 is 0 Å². The molecule has 4 aromatic rings. The molecule has 0 atom stereocenters. The highest BCUT2D eigenvalue weighted by Gasteiger charge is 2.19. The van der Waals surface area contributed by atoms with Gasteiger partial charge in [0.15, 0.2) is 0 Å². The quantitative estimate of drug-likeness (QED) is 0.312. The van der Waals surface area contributed by atoms with Gasteiger partial charge in [0.05, 0.1) is 27.6 Å². The van der Waals surface area contributed by atoms with Crippen LogP contribution in [-0.2, 0) is 11.3 Å². The zero-order chi connectivity index (χ0) is 24.9. The van der Waals surface area contributed by atoms with Crippen molar-refractivity contribution in [3.05, 3.63) is 83.6 Å². The first-order valence-corrected chi connectivity index (χ1v) is 11.3. The minimum Gasteiger partial charge on any atom is -0.497 e. The van der Waals surface area contributed by atoms with E-state index in [-0.39, 0.29) is 5.91 Å². The topological polar surface area (TPSA) is 69.9 Å². The lowest BCUT2D eigenvalue weighted by Gasteiger charge is -2.14. The highest BCUT2D eigenvalue weighted by Crippen LogP contribution is 2.41. The lowest BCUT2D eigenvalue weighted by atomic mass is 9.96. The second kappa shape index (κ2) is 10.4. The number of fused-ring (bicyclic) bond motifs is 1. The maximum absolute atomic E-state index is 12.8. The minimum atomic E-state index is -0.201. The molecule has 1 heterocycles. The lowest BCUT2D eigenvalue weighted by molar-refractivity contribution is -0.116. The van der Waals surface area contributed by atoms with Gasteiger partial charge < -0.3 is 23.9 Å². The van der Waals surface area contributed by atoms with Crippen LogP contribution in [-0.4, -0.2) is 27.2 Å². The Kier molecular flexibility index (Phi) is 7.11. The van der Waals surface area contributed by atoms with Crippen molar-refractivity contribution in [2.75, 3.05) is 21.3 Å². The van der Waals surface area contributed by atoms with Gasteiger partial charge in [-0.15, -0.1) is 0 Å². The van der Waals surface area contributed by atoms with Crippen LogP contribution in [0.5, 0.6) is 17.2 Å². The summed E-state index contributed by atoms with van der Waals surface area (Å²) in [6, 6.07) is 17.5. The average Bonchev–Trinajstić information content (AvgIpc) is 3.32. The van der Waals surface area contributed by atoms with Gasteiger partial charge in [0.25, 0.3) is 0 Å². The van der Waals surface area contributed by atoms with Crippen molar-refractivity contribution in [2.24, 2.45) is 0 Å². The molecule has 0 aliphatic heterocycles. The van der Waals surface area contributed by atoms with E-state index in [0.717, 1.165) is 55.9 Å². The number of hydrogen-bond acceptors (Lipinski definition) is 5. The molecule has 0 radical (unpaired) electrons. The zero-order valence-corrected chi connectivity index (χ0v) is 20.6. The number of furan rings is 1. The molecule has 0 aliphatic rings. The summed E-state index contributed by atoms with van der Waals surface area (Å²) in [7, 11) is 4.89. The molecule has 1 N–H and O–H groups in total. The number of nitrogens with one attached hydrogen (secondary N) is 1. The minimum absolute atomic E-state index is 0.201. The Morgan fingerprint density at radius 2 is 1.80 bits per heavy atom. The molecule has 0 fully saturated rings. The maximum atomic E-state index is 12.8. The van der Waals surface area contributed by atoms with Crippen molar-refractivity contribution in [1.82, 2.24) is 5.32 Å². The summed E-state index contributed by atoms with van der Waals surface area (Å²) in [6.45, 7) is 4.22. The lowest BCUT2D eigenvalue weighted by Crippen LogP contribution is -2.21. The summed E-state index contributed by atoms with van der Waals surface area (Å²) >= 11 is 0. The molecule has 6 heteroatoms. The number of ether oxygens (including phenoxy) is 3. The molecular weight excluding hydrogens is 442 g/mol. The number of methoxy groups -OCH3 is 3. The maximum Gasteiger partial charge on any atom is 0.244 e. The number of carbonyl (C=O) groups is 1. The van der Waals surface area contributed by atoms with E-state index in [9.17, 15) is 4.79 Å². The molecule has 1 aromatic heterocycles. The predicted octanol–water partition coefficient (Wildman–Crippen LogP) is 6.15. The standard InChI is InChI=1S/C29H29NO5/c1-18(13-27(31)30-16-21-9-6-7-12-26(21)33-4)23-15-24-25(20-10-8-11-22(14-20)32-3)17-35-29(24)19(2)28(23)34-5/h6-15,17H,16H2,1-5H3,(H,30,31)/b18-13+. The van der Waals surface area contributed by atoms with E-state index < -0.39 is 0 Å². The monoisotopic (exact) mass is 471 g/mol. The van der Waals surface area contributed by atoms with Crippen LogP contribution in [0.2, 0.25) is 0 Å². The molecule has 4 rings (SSSR count). The van der Waals surface area contributed by atoms with Crippen LogP contribution in [0.25, 0.3) is 27.7 Å². The second-order valence-corrected chi connectivity index (χ2v) is 8.20. The molecular formula is C29H29NO5. The first kappa shape index (κ1) is 24.0. The summed E-state index contributed by atoms with van der Waals surface area (Å²) in [4.78, 5) is 12.8. The predicted molar refractivity (Wildman–Crippen MR) is 138 cm³/mol. The number of aryl methyl sites for hydroxylation is 1. The van der Waals surface area contributed by atoms with Gasteiger partial charge in [-0.25, -0.2) is 0 Å². The molecule has 0 spiro atoms. The molecule has 6 nitrogen and oxygen atoms in total. The number of amides is 1. The van der Waals surface area contributed by atoms with Crippen molar-refractivity contribution in [1.29, 1.82) is 0 Å². The molecule has 0 bridgehead atoms. The number of hydrogen-bond donors (Lipinski definition) is 1. The molecule has 180 valence electrons. The molecule has 35 heavy (non-hydrogen) atoms. The summed E-state index contributed by atoms with van der Waals surface area (Å²) in [5.41, 5.74) is 6.06. The summed E-state index contributed by atoms with van der Waals surface area (Å²) in [6.07, 6.45) is 3.33. The van der Waals surface area contributed by atoms with Gasteiger partial charge in [-0.05, 0) is 49.2 Å². The average molecular weight is 472 g/mol. The fraction of sp³-hybridized carbons (Fsp3) is 0.207. The number of para-hydroxylation sites is 1.